The summed E-state index contributed by atoms with van der Waals surface area (Å²) in [7, 11) is -1.42. The van der Waals surface area contributed by atoms with Crippen LogP contribution in [0.2, 0.25) is 0 Å². The van der Waals surface area contributed by atoms with Crippen LogP contribution in [0.5, 0.6) is 0 Å². The minimum absolute atomic E-state index is 0.122. The standard InChI is InChI=1S/C18H35N5O2S2/c1-19-18(20-7-13-27(24,25)23-9-11-26-12-10-23)21-17-6-8-22(15-17)14-16-4-2-3-5-16/h16-17H,2-15H2,1H3,(H2,19,20,21). The smallest absolute Gasteiger partial charge is 0.215 e. The highest BCUT2D eigenvalue weighted by atomic mass is 32.2. The van der Waals surface area contributed by atoms with Crippen molar-refractivity contribution in [3.05, 3.63) is 0 Å². The van der Waals surface area contributed by atoms with Gasteiger partial charge in [0.25, 0.3) is 0 Å². The lowest BCUT2D eigenvalue weighted by molar-refractivity contribution is 0.275. The number of likely N-dealkylation sites (tertiary alicyclic amines) is 1. The third-order valence-corrected chi connectivity index (χ3v) is 8.66. The first-order chi connectivity index (χ1) is 13.1. The Morgan fingerprint density at radius 2 is 1.89 bits per heavy atom. The zero-order chi connectivity index (χ0) is 19.1. The van der Waals surface area contributed by atoms with Gasteiger partial charge in [0.15, 0.2) is 5.96 Å². The van der Waals surface area contributed by atoms with Gasteiger partial charge in [0.1, 0.15) is 0 Å². The number of aliphatic imine (C=N–C) groups is 1. The van der Waals surface area contributed by atoms with Crippen LogP contribution >= 0.6 is 11.8 Å². The number of sulfonamides is 1. The Labute approximate surface area is 168 Å². The van der Waals surface area contributed by atoms with Gasteiger partial charge >= 0.3 is 0 Å². The highest BCUT2D eigenvalue weighted by Gasteiger charge is 2.27. The Kier molecular flexibility index (Phi) is 8.10. The second-order valence-corrected chi connectivity index (χ2v) is 11.2. The van der Waals surface area contributed by atoms with Crippen LogP contribution in [0.25, 0.3) is 0 Å². The van der Waals surface area contributed by atoms with E-state index in [-0.39, 0.29) is 5.75 Å². The van der Waals surface area contributed by atoms with E-state index in [1.54, 1.807) is 11.4 Å². The quantitative estimate of drug-likeness (QED) is 0.471. The lowest BCUT2D eigenvalue weighted by atomic mass is 10.1. The van der Waals surface area contributed by atoms with Gasteiger partial charge < -0.3 is 15.5 Å². The maximum atomic E-state index is 12.4. The molecule has 2 N–H and O–H groups in total. The molecule has 3 rings (SSSR count). The Bertz CT molecular complexity index is 587. The maximum absolute atomic E-state index is 12.4. The summed E-state index contributed by atoms with van der Waals surface area (Å²) in [6.45, 7) is 5.10. The first kappa shape index (κ1) is 21.2. The molecule has 0 aromatic heterocycles. The van der Waals surface area contributed by atoms with Gasteiger partial charge in [0.05, 0.1) is 5.75 Å². The van der Waals surface area contributed by atoms with Gasteiger partial charge in [0, 0.05) is 63.9 Å². The number of hydrogen-bond acceptors (Lipinski definition) is 5. The summed E-state index contributed by atoms with van der Waals surface area (Å²) in [6.07, 6.45) is 6.70. The molecule has 0 aromatic rings. The summed E-state index contributed by atoms with van der Waals surface area (Å²) in [5.74, 6) is 3.52. The van der Waals surface area contributed by atoms with Gasteiger partial charge in [0.2, 0.25) is 10.0 Å². The topological polar surface area (TPSA) is 77.0 Å². The monoisotopic (exact) mass is 417 g/mol. The Morgan fingerprint density at radius 3 is 2.59 bits per heavy atom. The van der Waals surface area contributed by atoms with Crippen LogP contribution in [0.4, 0.5) is 0 Å². The molecular weight excluding hydrogens is 382 g/mol. The van der Waals surface area contributed by atoms with E-state index in [0.717, 1.165) is 36.9 Å². The Morgan fingerprint density at radius 1 is 1.15 bits per heavy atom. The number of thioether (sulfide) groups is 1. The van der Waals surface area contributed by atoms with Crippen molar-refractivity contribution in [2.24, 2.45) is 10.9 Å². The molecule has 3 aliphatic rings. The van der Waals surface area contributed by atoms with Gasteiger partial charge in [-0.05, 0) is 25.2 Å². The van der Waals surface area contributed by atoms with Crippen LogP contribution in [0.1, 0.15) is 32.1 Å². The predicted octanol–water partition coefficient (Wildman–Crippen LogP) is 0.795. The molecule has 2 heterocycles. The number of guanidine groups is 1. The minimum Gasteiger partial charge on any atom is -0.355 e. The SMILES string of the molecule is CN=C(NCCS(=O)(=O)N1CCSCC1)NC1CCN(CC2CCCC2)C1. The molecule has 0 spiro atoms. The first-order valence-electron chi connectivity index (χ1n) is 10.3. The maximum Gasteiger partial charge on any atom is 0.215 e. The first-order valence-corrected chi connectivity index (χ1v) is 13.1. The summed E-state index contributed by atoms with van der Waals surface area (Å²) < 4.78 is 26.5. The van der Waals surface area contributed by atoms with E-state index in [1.165, 1.54) is 32.2 Å². The van der Waals surface area contributed by atoms with Crippen molar-refractivity contribution in [2.75, 3.05) is 63.6 Å². The highest BCUT2D eigenvalue weighted by Crippen LogP contribution is 2.26. The number of nitrogens with zero attached hydrogens (tertiary/aromatic N) is 3. The van der Waals surface area contributed by atoms with Crippen molar-refractivity contribution in [3.8, 4) is 0 Å². The van der Waals surface area contributed by atoms with E-state index < -0.39 is 10.0 Å². The van der Waals surface area contributed by atoms with E-state index in [0.29, 0.717) is 31.6 Å². The van der Waals surface area contributed by atoms with E-state index in [2.05, 4.69) is 20.5 Å². The van der Waals surface area contributed by atoms with E-state index in [4.69, 9.17) is 0 Å². The summed E-state index contributed by atoms with van der Waals surface area (Å²) in [4.78, 5) is 6.85. The average molecular weight is 418 g/mol. The van der Waals surface area contributed by atoms with Crippen LogP contribution in [0.15, 0.2) is 4.99 Å². The number of nitrogens with one attached hydrogen (secondary N) is 2. The number of hydrogen-bond donors (Lipinski definition) is 2. The van der Waals surface area contributed by atoms with Gasteiger partial charge in [-0.25, -0.2) is 12.7 Å². The van der Waals surface area contributed by atoms with Crippen LogP contribution in [-0.4, -0.2) is 93.2 Å². The van der Waals surface area contributed by atoms with Crippen LogP contribution in [0.3, 0.4) is 0 Å². The molecule has 2 saturated heterocycles. The molecule has 3 fully saturated rings. The van der Waals surface area contributed by atoms with Crippen molar-refractivity contribution in [1.29, 1.82) is 0 Å². The lowest BCUT2D eigenvalue weighted by Gasteiger charge is -2.26. The highest BCUT2D eigenvalue weighted by molar-refractivity contribution is 7.99. The zero-order valence-corrected chi connectivity index (χ0v) is 18.2. The molecule has 2 aliphatic heterocycles. The van der Waals surface area contributed by atoms with Crippen molar-refractivity contribution in [2.45, 2.75) is 38.1 Å². The molecule has 1 unspecified atom stereocenters. The zero-order valence-electron chi connectivity index (χ0n) is 16.5. The van der Waals surface area contributed by atoms with Gasteiger partial charge in [-0.1, -0.05) is 12.8 Å². The van der Waals surface area contributed by atoms with Gasteiger partial charge in [-0.3, -0.25) is 4.99 Å². The van der Waals surface area contributed by atoms with Crippen molar-refractivity contribution in [1.82, 2.24) is 19.8 Å². The largest absolute Gasteiger partial charge is 0.355 e. The van der Waals surface area contributed by atoms with E-state index in [9.17, 15) is 8.42 Å². The Balaban J connectivity index is 1.36. The fourth-order valence-corrected chi connectivity index (χ4v) is 6.81. The molecular formula is C18H35N5O2S2. The van der Waals surface area contributed by atoms with E-state index in [1.807, 2.05) is 11.8 Å². The molecule has 27 heavy (non-hydrogen) atoms. The predicted molar refractivity (Wildman–Crippen MR) is 114 cm³/mol. The molecule has 0 bridgehead atoms. The third kappa shape index (κ3) is 6.51. The van der Waals surface area contributed by atoms with Crippen LogP contribution in [0, 0.1) is 5.92 Å². The number of rotatable bonds is 7. The third-order valence-electron chi connectivity index (χ3n) is 5.84. The van der Waals surface area contributed by atoms with Crippen molar-refractivity contribution in [3.63, 3.8) is 0 Å². The minimum atomic E-state index is -3.17. The molecule has 9 heteroatoms. The normalized spacial score (nSPS) is 26.6. The molecule has 0 amide bonds. The molecule has 1 aliphatic carbocycles. The molecule has 1 atom stereocenters. The summed E-state index contributed by atoms with van der Waals surface area (Å²) in [5, 5.41) is 6.66. The molecule has 0 radical (unpaired) electrons. The fourth-order valence-electron chi connectivity index (χ4n) is 4.31. The van der Waals surface area contributed by atoms with Crippen molar-refractivity contribution < 1.29 is 8.42 Å². The second kappa shape index (κ2) is 10.3. The van der Waals surface area contributed by atoms with Gasteiger partial charge in [-0.2, -0.15) is 11.8 Å². The summed E-state index contributed by atoms with van der Waals surface area (Å²) >= 11 is 1.82. The molecule has 156 valence electrons. The molecule has 1 saturated carbocycles. The summed E-state index contributed by atoms with van der Waals surface area (Å²) in [5.41, 5.74) is 0. The fraction of sp³-hybridized carbons (Fsp3) is 0.944. The summed E-state index contributed by atoms with van der Waals surface area (Å²) in [6, 6.07) is 0.397. The average Bonchev–Trinajstić information content (AvgIpc) is 3.34. The van der Waals surface area contributed by atoms with Crippen LogP contribution < -0.4 is 10.6 Å². The van der Waals surface area contributed by atoms with Crippen LogP contribution in [-0.2, 0) is 10.0 Å². The molecule has 0 aromatic carbocycles. The second-order valence-electron chi connectivity index (χ2n) is 7.87. The molecule has 7 nitrogen and oxygen atoms in total. The van der Waals surface area contributed by atoms with Crippen molar-refractivity contribution >= 4 is 27.7 Å². The Hall–Kier alpha value is -0.510. The van der Waals surface area contributed by atoms with E-state index >= 15 is 0 Å². The van der Waals surface area contributed by atoms with Gasteiger partial charge in [-0.15, -0.1) is 0 Å². The lowest BCUT2D eigenvalue weighted by Crippen LogP contribution is -2.47.